The van der Waals surface area contributed by atoms with E-state index in [0.29, 0.717) is 0 Å². The average Bonchev–Trinajstić information content (AvgIpc) is 3.18. The molecule has 1 fully saturated rings. The highest BCUT2D eigenvalue weighted by Crippen LogP contribution is 2.40. The fourth-order valence-electron chi connectivity index (χ4n) is 2.80. The molecule has 0 saturated carbocycles. The molecule has 102 valence electrons. The van der Waals surface area contributed by atoms with E-state index in [1.807, 2.05) is 6.92 Å². The van der Waals surface area contributed by atoms with Crippen LogP contribution in [0.1, 0.15) is 18.7 Å². The van der Waals surface area contributed by atoms with Gasteiger partial charge in [-0.25, -0.2) is 9.97 Å². The van der Waals surface area contributed by atoms with E-state index in [2.05, 4.69) is 32.8 Å². The zero-order valence-corrected chi connectivity index (χ0v) is 12.9. The Bertz CT molecular complexity index is 740. The van der Waals surface area contributed by atoms with Gasteiger partial charge in [0.1, 0.15) is 16.5 Å². The standard InChI is InChI=1S/C15H15N3S2/c1-10-16-14(18-6-2-3-7-18)13-11(9-20-15(13)17-10)12-5-4-8-19-12/h4-5,8-9H,2-3,6-7H2,1H3. The van der Waals surface area contributed by atoms with E-state index in [-0.39, 0.29) is 0 Å². The monoisotopic (exact) mass is 301 g/mol. The number of nitrogens with zero attached hydrogens (tertiary/aromatic N) is 3. The van der Waals surface area contributed by atoms with Crippen LogP contribution >= 0.6 is 22.7 Å². The molecular formula is C15H15N3S2. The van der Waals surface area contributed by atoms with E-state index in [1.165, 1.54) is 28.7 Å². The van der Waals surface area contributed by atoms with Crippen LogP contribution in [0.5, 0.6) is 0 Å². The van der Waals surface area contributed by atoms with Gasteiger partial charge in [-0.15, -0.1) is 22.7 Å². The molecule has 5 heteroatoms. The lowest BCUT2D eigenvalue weighted by molar-refractivity contribution is 0.926. The van der Waals surface area contributed by atoms with Gasteiger partial charge in [-0.3, -0.25) is 0 Å². The van der Waals surface area contributed by atoms with Crippen molar-refractivity contribution >= 4 is 38.7 Å². The van der Waals surface area contributed by atoms with Crippen LogP contribution in [-0.4, -0.2) is 23.1 Å². The van der Waals surface area contributed by atoms with Crippen molar-refractivity contribution in [2.45, 2.75) is 19.8 Å². The molecule has 0 spiro atoms. The van der Waals surface area contributed by atoms with E-state index >= 15 is 0 Å². The molecule has 0 aromatic carbocycles. The Balaban J connectivity index is 1.98. The Labute approximate surface area is 125 Å². The molecule has 20 heavy (non-hydrogen) atoms. The second kappa shape index (κ2) is 4.82. The Morgan fingerprint density at radius 2 is 2.00 bits per heavy atom. The van der Waals surface area contributed by atoms with Gasteiger partial charge in [0.2, 0.25) is 0 Å². The summed E-state index contributed by atoms with van der Waals surface area (Å²) in [4.78, 5) is 14.2. The van der Waals surface area contributed by atoms with Crippen LogP contribution in [0.3, 0.4) is 0 Å². The zero-order chi connectivity index (χ0) is 13.5. The fourth-order valence-corrected chi connectivity index (χ4v) is 4.60. The molecule has 0 radical (unpaired) electrons. The summed E-state index contributed by atoms with van der Waals surface area (Å²) in [6.45, 7) is 4.22. The van der Waals surface area contributed by atoms with Crippen molar-refractivity contribution in [3.05, 3.63) is 28.7 Å². The minimum absolute atomic E-state index is 0.874. The van der Waals surface area contributed by atoms with Crippen molar-refractivity contribution in [1.82, 2.24) is 9.97 Å². The highest BCUT2D eigenvalue weighted by atomic mass is 32.1. The lowest BCUT2D eigenvalue weighted by Gasteiger charge is -2.18. The third kappa shape index (κ3) is 1.93. The van der Waals surface area contributed by atoms with Gasteiger partial charge in [-0.05, 0) is 31.2 Å². The maximum Gasteiger partial charge on any atom is 0.141 e. The van der Waals surface area contributed by atoms with Crippen LogP contribution in [0.15, 0.2) is 22.9 Å². The predicted octanol–water partition coefficient (Wildman–Crippen LogP) is 4.33. The van der Waals surface area contributed by atoms with Gasteiger partial charge in [0.25, 0.3) is 0 Å². The summed E-state index contributed by atoms with van der Waals surface area (Å²) >= 11 is 3.51. The van der Waals surface area contributed by atoms with Gasteiger partial charge in [0.15, 0.2) is 0 Å². The van der Waals surface area contributed by atoms with E-state index in [1.54, 1.807) is 22.7 Å². The predicted molar refractivity (Wildman–Crippen MR) is 86.9 cm³/mol. The highest BCUT2D eigenvalue weighted by Gasteiger charge is 2.21. The molecule has 4 rings (SSSR count). The average molecular weight is 301 g/mol. The molecular weight excluding hydrogens is 286 g/mol. The Morgan fingerprint density at radius 1 is 1.15 bits per heavy atom. The number of fused-ring (bicyclic) bond motifs is 1. The second-order valence-corrected chi connectivity index (χ2v) is 6.90. The third-order valence-corrected chi connectivity index (χ3v) is 5.49. The first-order valence-corrected chi connectivity index (χ1v) is 8.63. The summed E-state index contributed by atoms with van der Waals surface area (Å²) in [6, 6.07) is 4.29. The molecule has 3 nitrogen and oxygen atoms in total. The van der Waals surface area contributed by atoms with Crippen molar-refractivity contribution in [2.75, 3.05) is 18.0 Å². The molecule has 3 aromatic rings. The maximum absolute atomic E-state index is 4.75. The molecule has 4 heterocycles. The quantitative estimate of drug-likeness (QED) is 0.705. The van der Waals surface area contributed by atoms with Crippen molar-refractivity contribution in [3.8, 4) is 10.4 Å². The molecule has 0 aliphatic carbocycles. The van der Waals surface area contributed by atoms with Crippen LogP contribution < -0.4 is 4.90 Å². The molecule has 1 aliphatic heterocycles. The van der Waals surface area contributed by atoms with Crippen molar-refractivity contribution in [3.63, 3.8) is 0 Å². The molecule has 1 aliphatic rings. The van der Waals surface area contributed by atoms with Gasteiger partial charge in [-0.1, -0.05) is 6.07 Å². The SMILES string of the molecule is Cc1nc(N2CCCC2)c2c(-c3cccs3)csc2n1. The molecule has 0 atom stereocenters. The summed E-state index contributed by atoms with van der Waals surface area (Å²) in [5.41, 5.74) is 1.29. The fraction of sp³-hybridized carbons (Fsp3) is 0.333. The molecule has 0 amide bonds. The van der Waals surface area contributed by atoms with Crippen LogP contribution in [0.2, 0.25) is 0 Å². The topological polar surface area (TPSA) is 29.0 Å². The summed E-state index contributed by atoms with van der Waals surface area (Å²) < 4.78 is 0. The lowest BCUT2D eigenvalue weighted by atomic mass is 10.2. The van der Waals surface area contributed by atoms with Crippen LogP contribution in [-0.2, 0) is 0 Å². The van der Waals surface area contributed by atoms with E-state index < -0.39 is 0 Å². The summed E-state index contributed by atoms with van der Waals surface area (Å²) in [5, 5.41) is 5.60. The number of aromatic nitrogens is 2. The third-order valence-electron chi connectivity index (χ3n) is 3.72. The highest BCUT2D eigenvalue weighted by molar-refractivity contribution is 7.18. The van der Waals surface area contributed by atoms with E-state index in [9.17, 15) is 0 Å². The Hall–Kier alpha value is -1.46. The van der Waals surface area contributed by atoms with Crippen molar-refractivity contribution in [2.24, 2.45) is 0 Å². The van der Waals surface area contributed by atoms with Gasteiger partial charge >= 0.3 is 0 Å². The Morgan fingerprint density at radius 3 is 2.75 bits per heavy atom. The number of thiophene rings is 2. The van der Waals surface area contributed by atoms with Crippen LogP contribution in [0.4, 0.5) is 5.82 Å². The number of hydrogen-bond acceptors (Lipinski definition) is 5. The van der Waals surface area contributed by atoms with E-state index in [0.717, 1.165) is 29.6 Å². The summed E-state index contributed by atoms with van der Waals surface area (Å²) in [6.07, 6.45) is 2.53. The van der Waals surface area contributed by atoms with Crippen molar-refractivity contribution in [1.29, 1.82) is 0 Å². The van der Waals surface area contributed by atoms with Crippen molar-refractivity contribution < 1.29 is 0 Å². The number of aryl methyl sites for hydroxylation is 1. The largest absolute Gasteiger partial charge is 0.356 e. The number of anilines is 1. The zero-order valence-electron chi connectivity index (χ0n) is 11.3. The molecule has 0 bridgehead atoms. The smallest absolute Gasteiger partial charge is 0.141 e. The van der Waals surface area contributed by atoms with E-state index in [4.69, 9.17) is 4.98 Å². The first-order chi connectivity index (χ1) is 9.83. The van der Waals surface area contributed by atoms with Crippen LogP contribution in [0.25, 0.3) is 20.7 Å². The molecule has 1 saturated heterocycles. The molecule has 0 N–H and O–H groups in total. The minimum Gasteiger partial charge on any atom is -0.356 e. The van der Waals surface area contributed by atoms with Gasteiger partial charge in [0, 0.05) is 28.9 Å². The number of hydrogen-bond donors (Lipinski definition) is 0. The van der Waals surface area contributed by atoms with Gasteiger partial charge < -0.3 is 4.90 Å². The number of rotatable bonds is 2. The van der Waals surface area contributed by atoms with Crippen LogP contribution in [0, 0.1) is 6.92 Å². The lowest BCUT2D eigenvalue weighted by Crippen LogP contribution is -2.19. The normalized spacial score (nSPS) is 15.3. The van der Waals surface area contributed by atoms with Gasteiger partial charge in [-0.2, -0.15) is 0 Å². The van der Waals surface area contributed by atoms with Gasteiger partial charge in [0.05, 0.1) is 5.39 Å². The minimum atomic E-state index is 0.874. The Kier molecular flexibility index (Phi) is 2.97. The maximum atomic E-state index is 4.75. The summed E-state index contributed by atoms with van der Waals surface area (Å²) in [5.74, 6) is 2.01. The second-order valence-electron chi connectivity index (χ2n) is 5.10. The summed E-state index contributed by atoms with van der Waals surface area (Å²) in [7, 11) is 0. The first kappa shape index (κ1) is 12.3. The first-order valence-electron chi connectivity index (χ1n) is 6.87. The molecule has 0 unspecified atom stereocenters. The molecule has 3 aromatic heterocycles.